The number of halogens is 1. The zero-order valence-corrected chi connectivity index (χ0v) is 15.3. The molecule has 0 saturated heterocycles. The van der Waals surface area contributed by atoms with Crippen molar-refractivity contribution in [2.75, 3.05) is 44.7 Å². The Bertz CT molecular complexity index is 801. The minimum atomic E-state index is -0.765. The number of carbonyl (C=O) groups is 2. The van der Waals surface area contributed by atoms with Gasteiger partial charge in [-0.05, 0) is 24.3 Å². The quantitative estimate of drug-likeness (QED) is 0.578. The van der Waals surface area contributed by atoms with Gasteiger partial charge in [-0.3, -0.25) is 0 Å². The summed E-state index contributed by atoms with van der Waals surface area (Å²) in [4.78, 5) is 26.0. The van der Waals surface area contributed by atoms with Crippen LogP contribution in [0, 0.1) is 5.82 Å². The Labute approximate surface area is 156 Å². The van der Waals surface area contributed by atoms with Crippen molar-refractivity contribution < 1.29 is 28.2 Å². The number of anilines is 2. The van der Waals surface area contributed by atoms with E-state index in [2.05, 4.69) is 5.32 Å². The third-order valence-corrected chi connectivity index (χ3v) is 3.75. The number of ether oxygens (including phenoxy) is 3. The molecule has 0 atom stereocenters. The second-order valence-electron chi connectivity index (χ2n) is 5.37. The Kier molecular flexibility index (Phi) is 7.13. The van der Waals surface area contributed by atoms with E-state index in [4.69, 9.17) is 14.2 Å². The highest BCUT2D eigenvalue weighted by molar-refractivity contribution is 6.06. The third-order valence-electron chi connectivity index (χ3n) is 3.75. The molecule has 1 aliphatic heterocycles. The summed E-state index contributed by atoms with van der Waals surface area (Å²) in [6.07, 6.45) is 6.16. The number of esters is 2. The minimum absolute atomic E-state index is 0.0125. The average Bonchev–Trinajstić information content (AvgIpc) is 2.91. The van der Waals surface area contributed by atoms with Gasteiger partial charge in [0, 0.05) is 19.9 Å². The summed E-state index contributed by atoms with van der Waals surface area (Å²) < 4.78 is 29.1. The number of hydrogen-bond acceptors (Lipinski definition) is 7. The van der Waals surface area contributed by atoms with Gasteiger partial charge in [0.25, 0.3) is 0 Å². The van der Waals surface area contributed by atoms with Gasteiger partial charge in [-0.2, -0.15) is 0 Å². The summed E-state index contributed by atoms with van der Waals surface area (Å²) in [5.41, 5.74) is 0.385. The number of carbonyl (C=O) groups excluding carboxylic acids is 2. The van der Waals surface area contributed by atoms with Crippen molar-refractivity contribution in [3.8, 4) is 0 Å². The largest absolute Gasteiger partial charge is 0.465 e. The molecule has 27 heavy (non-hydrogen) atoms. The first kappa shape index (κ1) is 20.2. The van der Waals surface area contributed by atoms with Gasteiger partial charge >= 0.3 is 11.9 Å². The fourth-order valence-corrected chi connectivity index (χ4v) is 2.52. The Morgan fingerprint density at radius 3 is 2.52 bits per heavy atom. The summed E-state index contributed by atoms with van der Waals surface area (Å²) in [6.45, 7) is 0.708. The third kappa shape index (κ3) is 4.53. The first-order valence-corrected chi connectivity index (χ1v) is 8.11. The summed E-state index contributed by atoms with van der Waals surface area (Å²) >= 11 is 0. The number of para-hydroxylation sites is 1. The van der Waals surface area contributed by atoms with E-state index in [0.717, 1.165) is 0 Å². The molecule has 2 rings (SSSR count). The highest BCUT2D eigenvalue weighted by atomic mass is 19.1. The van der Waals surface area contributed by atoms with Crippen molar-refractivity contribution in [2.45, 2.75) is 0 Å². The van der Waals surface area contributed by atoms with Crippen LogP contribution in [0.5, 0.6) is 0 Å². The summed E-state index contributed by atoms with van der Waals surface area (Å²) in [7, 11) is 3.94. The van der Waals surface area contributed by atoms with Crippen LogP contribution in [-0.4, -0.2) is 46.4 Å². The number of rotatable bonds is 7. The maximum atomic E-state index is 14.5. The van der Waals surface area contributed by atoms with E-state index in [1.165, 1.54) is 50.6 Å². The molecule has 0 bridgehead atoms. The lowest BCUT2D eigenvalue weighted by Crippen LogP contribution is -2.28. The van der Waals surface area contributed by atoms with Crippen LogP contribution >= 0.6 is 0 Å². The predicted molar refractivity (Wildman–Crippen MR) is 98.6 cm³/mol. The zero-order chi connectivity index (χ0) is 19.8. The van der Waals surface area contributed by atoms with E-state index in [0.29, 0.717) is 18.8 Å². The van der Waals surface area contributed by atoms with E-state index < -0.39 is 17.8 Å². The summed E-state index contributed by atoms with van der Waals surface area (Å²) in [6, 6.07) is 4.41. The van der Waals surface area contributed by atoms with Gasteiger partial charge in [-0.1, -0.05) is 12.1 Å². The molecule has 1 aromatic rings. The van der Waals surface area contributed by atoms with E-state index in [1.54, 1.807) is 18.2 Å². The number of allylic oxidation sites excluding steroid dienone is 2. The van der Waals surface area contributed by atoms with Crippen molar-refractivity contribution in [2.24, 2.45) is 0 Å². The minimum Gasteiger partial charge on any atom is -0.465 e. The molecule has 1 N–H and O–H groups in total. The Hall–Kier alpha value is -3.13. The van der Waals surface area contributed by atoms with Gasteiger partial charge in [0.05, 0.1) is 37.8 Å². The van der Waals surface area contributed by atoms with E-state index in [-0.39, 0.29) is 17.0 Å². The lowest BCUT2D eigenvalue weighted by molar-refractivity contribution is -0.139. The van der Waals surface area contributed by atoms with Crippen LogP contribution in [0.15, 0.2) is 53.9 Å². The van der Waals surface area contributed by atoms with Crippen molar-refractivity contribution in [3.05, 3.63) is 59.7 Å². The van der Waals surface area contributed by atoms with Gasteiger partial charge in [-0.25, -0.2) is 14.0 Å². The van der Waals surface area contributed by atoms with Crippen molar-refractivity contribution in [1.29, 1.82) is 0 Å². The number of methoxy groups -OCH3 is 3. The van der Waals surface area contributed by atoms with Crippen LogP contribution in [0.4, 0.5) is 15.8 Å². The van der Waals surface area contributed by atoms with Crippen molar-refractivity contribution >= 4 is 23.3 Å². The molecule has 0 aromatic heterocycles. The normalized spacial score (nSPS) is 13.4. The highest BCUT2D eigenvalue weighted by Crippen LogP contribution is 2.34. The molecule has 144 valence electrons. The molecule has 8 heteroatoms. The fraction of sp³-hybridized carbons (Fsp3) is 0.263. The molecular weight excluding hydrogens is 355 g/mol. The topological polar surface area (TPSA) is 77.1 Å². The van der Waals surface area contributed by atoms with Gasteiger partial charge in [0.15, 0.2) is 0 Å². The standard InChI is InChI=1S/C19H21FN2O5/c1-25-12-10-21-16-14(20)8-6-9-15(16)22-11-5-4-7-13(18(23)26-2)17(22)19(24)27-3/h4-9,11,21H,10,12H2,1-3H3. The molecule has 0 aliphatic carbocycles. The Balaban J connectivity index is 2.62. The van der Waals surface area contributed by atoms with Crippen LogP contribution in [0.2, 0.25) is 0 Å². The molecule has 0 unspecified atom stereocenters. The lowest BCUT2D eigenvalue weighted by Gasteiger charge is -2.26. The van der Waals surface area contributed by atoms with Gasteiger partial charge in [0.1, 0.15) is 11.5 Å². The van der Waals surface area contributed by atoms with E-state index in [9.17, 15) is 14.0 Å². The molecule has 0 spiro atoms. The SMILES string of the molecule is COCCNc1c(F)cccc1N1C=CC=CC(C(=O)OC)=C1C(=O)OC. The molecule has 1 aromatic carbocycles. The number of nitrogens with zero attached hydrogens (tertiary/aromatic N) is 1. The molecule has 0 amide bonds. The number of nitrogens with one attached hydrogen (secondary N) is 1. The van der Waals surface area contributed by atoms with E-state index in [1.807, 2.05) is 0 Å². The Morgan fingerprint density at radius 2 is 1.85 bits per heavy atom. The van der Waals surface area contributed by atoms with Crippen LogP contribution in [0.3, 0.4) is 0 Å². The molecule has 0 radical (unpaired) electrons. The van der Waals surface area contributed by atoms with Crippen LogP contribution in [0.25, 0.3) is 0 Å². The van der Waals surface area contributed by atoms with Crippen LogP contribution in [0.1, 0.15) is 0 Å². The zero-order valence-electron chi connectivity index (χ0n) is 15.3. The van der Waals surface area contributed by atoms with E-state index >= 15 is 0 Å². The molecule has 0 fully saturated rings. The molecule has 0 saturated carbocycles. The molecule has 7 nitrogen and oxygen atoms in total. The van der Waals surface area contributed by atoms with Crippen LogP contribution < -0.4 is 10.2 Å². The van der Waals surface area contributed by atoms with Gasteiger partial charge in [0.2, 0.25) is 0 Å². The fourth-order valence-electron chi connectivity index (χ4n) is 2.52. The van der Waals surface area contributed by atoms with Crippen molar-refractivity contribution in [3.63, 3.8) is 0 Å². The second-order valence-corrected chi connectivity index (χ2v) is 5.37. The molecule has 1 heterocycles. The molecular formula is C19H21FN2O5. The summed E-state index contributed by atoms with van der Waals surface area (Å²) in [5.74, 6) is -2.00. The maximum Gasteiger partial charge on any atom is 0.355 e. The van der Waals surface area contributed by atoms with Gasteiger partial charge in [-0.15, -0.1) is 0 Å². The lowest BCUT2D eigenvalue weighted by atomic mass is 10.1. The van der Waals surface area contributed by atoms with Gasteiger partial charge < -0.3 is 24.4 Å². The maximum absolute atomic E-state index is 14.5. The predicted octanol–water partition coefficient (Wildman–Crippen LogP) is 2.37. The first-order chi connectivity index (χ1) is 13.0. The molecule has 1 aliphatic rings. The Morgan fingerprint density at radius 1 is 1.11 bits per heavy atom. The average molecular weight is 376 g/mol. The van der Waals surface area contributed by atoms with Crippen LogP contribution in [-0.2, 0) is 23.8 Å². The summed E-state index contributed by atoms with van der Waals surface area (Å²) in [5, 5.41) is 2.95. The second kappa shape index (κ2) is 9.54. The monoisotopic (exact) mass is 376 g/mol. The number of hydrogen-bond donors (Lipinski definition) is 1. The smallest absolute Gasteiger partial charge is 0.355 e. The number of benzene rings is 1. The highest BCUT2D eigenvalue weighted by Gasteiger charge is 2.29. The first-order valence-electron chi connectivity index (χ1n) is 8.11. The van der Waals surface area contributed by atoms with Crippen molar-refractivity contribution in [1.82, 2.24) is 0 Å².